The second kappa shape index (κ2) is 4.59. The van der Waals surface area contributed by atoms with Gasteiger partial charge in [-0.25, -0.2) is 4.98 Å². The quantitative estimate of drug-likeness (QED) is 0.864. The lowest BCUT2D eigenvalue weighted by atomic mass is 10.3. The van der Waals surface area contributed by atoms with Crippen molar-refractivity contribution in [3.63, 3.8) is 0 Å². The van der Waals surface area contributed by atoms with E-state index in [0.29, 0.717) is 12.6 Å². The average Bonchev–Trinajstić information content (AvgIpc) is 2.84. The third-order valence-electron chi connectivity index (χ3n) is 2.20. The molecule has 0 saturated heterocycles. The van der Waals surface area contributed by atoms with Crippen LogP contribution >= 0.6 is 11.3 Å². The van der Waals surface area contributed by atoms with Crippen molar-refractivity contribution in [2.45, 2.75) is 26.4 Å². The van der Waals surface area contributed by atoms with Gasteiger partial charge in [-0.3, -0.25) is 0 Å². The minimum atomic E-state index is 0.345. The topological polar surface area (TPSA) is 38.1 Å². The fourth-order valence-corrected chi connectivity index (χ4v) is 2.12. The van der Waals surface area contributed by atoms with Crippen molar-refractivity contribution in [1.29, 1.82) is 0 Å². The van der Waals surface area contributed by atoms with Crippen LogP contribution in [0.25, 0.3) is 0 Å². The maximum absolute atomic E-state index is 5.38. The van der Waals surface area contributed by atoms with E-state index in [2.05, 4.69) is 34.7 Å². The molecule has 0 aliphatic carbocycles. The second-order valence-electron chi connectivity index (χ2n) is 3.48. The molecule has 2 rings (SSSR count). The van der Waals surface area contributed by atoms with Gasteiger partial charge >= 0.3 is 0 Å². The van der Waals surface area contributed by atoms with Crippen molar-refractivity contribution in [2.24, 2.45) is 0 Å². The highest BCUT2D eigenvalue weighted by atomic mass is 32.1. The van der Waals surface area contributed by atoms with E-state index in [9.17, 15) is 0 Å². The van der Waals surface area contributed by atoms with Crippen molar-refractivity contribution in [2.75, 3.05) is 0 Å². The molecule has 0 amide bonds. The Balaban J connectivity index is 1.88. The van der Waals surface area contributed by atoms with Crippen LogP contribution < -0.4 is 5.32 Å². The Labute approximate surface area is 93.2 Å². The van der Waals surface area contributed by atoms with Crippen LogP contribution in [0.3, 0.4) is 0 Å². The molecule has 80 valence electrons. The number of aromatic nitrogens is 1. The van der Waals surface area contributed by atoms with Crippen LogP contribution in [0.4, 0.5) is 0 Å². The van der Waals surface area contributed by atoms with Crippen molar-refractivity contribution < 1.29 is 4.42 Å². The number of rotatable bonds is 4. The van der Waals surface area contributed by atoms with E-state index in [0.717, 1.165) is 11.7 Å². The first-order valence-corrected chi connectivity index (χ1v) is 5.82. The van der Waals surface area contributed by atoms with Gasteiger partial charge in [0.15, 0.2) is 0 Å². The summed E-state index contributed by atoms with van der Waals surface area (Å²) in [5, 5.41) is 5.45. The zero-order valence-corrected chi connectivity index (χ0v) is 9.67. The zero-order valence-electron chi connectivity index (χ0n) is 8.86. The molecule has 0 aromatic carbocycles. The summed E-state index contributed by atoms with van der Waals surface area (Å²) in [7, 11) is 0. The highest BCUT2D eigenvalue weighted by Gasteiger charge is 2.07. The fraction of sp³-hybridized carbons (Fsp3) is 0.364. The second-order valence-corrected chi connectivity index (χ2v) is 4.46. The van der Waals surface area contributed by atoms with Gasteiger partial charge in [0.2, 0.25) is 5.89 Å². The van der Waals surface area contributed by atoms with Crippen molar-refractivity contribution >= 4 is 11.3 Å². The number of aryl methyl sites for hydroxylation is 1. The molecule has 2 aromatic rings. The molecule has 0 fully saturated rings. The minimum absolute atomic E-state index is 0.345. The van der Waals surface area contributed by atoms with E-state index >= 15 is 0 Å². The van der Waals surface area contributed by atoms with E-state index < -0.39 is 0 Å². The van der Waals surface area contributed by atoms with Gasteiger partial charge in [-0.05, 0) is 25.3 Å². The van der Waals surface area contributed by atoms with Gasteiger partial charge < -0.3 is 9.73 Å². The molecule has 0 aliphatic heterocycles. The van der Waals surface area contributed by atoms with E-state index in [1.807, 2.05) is 6.92 Å². The van der Waals surface area contributed by atoms with Gasteiger partial charge in [0.25, 0.3) is 0 Å². The maximum Gasteiger partial charge on any atom is 0.208 e. The smallest absolute Gasteiger partial charge is 0.208 e. The molecule has 15 heavy (non-hydrogen) atoms. The molecule has 1 unspecified atom stereocenters. The van der Waals surface area contributed by atoms with Crippen LogP contribution in [0.5, 0.6) is 0 Å². The van der Waals surface area contributed by atoms with Crippen LogP contribution in [-0.4, -0.2) is 4.98 Å². The molecule has 1 atom stereocenters. The summed E-state index contributed by atoms with van der Waals surface area (Å²) in [5.41, 5.74) is 0. The lowest BCUT2D eigenvalue weighted by molar-refractivity contribution is 0.433. The molecule has 4 heteroatoms. The first kappa shape index (κ1) is 10.4. The Morgan fingerprint density at radius 2 is 2.47 bits per heavy atom. The molecule has 0 aliphatic rings. The molecular weight excluding hydrogens is 208 g/mol. The first-order valence-electron chi connectivity index (χ1n) is 4.94. The average molecular weight is 222 g/mol. The zero-order chi connectivity index (χ0) is 10.7. The Morgan fingerprint density at radius 3 is 3.07 bits per heavy atom. The van der Waals surface area contributed by atoms with Crippen LogP contribution in [-0.2, 0) is 6.54 Å². The lowest BCUT2D eigenvalue weighted by Crippen LogP contribution is -2.17. The van der Waals surface area contributed by atoms with Gasteiger partial charge in [-0.2, -0.15) is 0 Å². The normalized spacial score (nSPS) is 12.9. The third kappa shape index (κ3) is 2.67. The van der Waals surface area contributed by atoms with Crippen LogP contribution in [0.15, 0.2) is 28.1 Å². The van der Waals surface area contributed by atoms with E-state index in [-0.39, 0.29) is 0 Å². The standard InChI is InChI=1S/C11H14N2OS/c1-8-6-13-11(14-8)7-12-9(2)10-4-3-5-15-10/h3-6,9,12H,7H2,1-2H3. The van der Waals surface area contributed by atoms with Crippen LogP contribution in [0.1, 0.15) is 29.5 Å². The van der Waals surface area contributed by atoms with Gasteiger partial charge in [-0.15, -0.1) is 11.3 Å². The summed E-state index contributed by atoms with van der Waals surface area (Å²) in [4.78, 5) is 5.48. The van der Waals surface area contributed by atoms with Gasteiger partial charge in [0.1, 0.15) is 5.76 Å². The fourth-order valence-electron chi connectivity index (χ4n) is 1.36. The number of hydrogen-bond donors (Lipinski definition) is 1. The summed E-state index contributed by atoms with van der Waals surface area (Å²) in [6.45, 7) is 4.72. The van der Waals surface area contributed by atoms with Crippen LogP contribution in [0, 0.1) is 6.92 Å². The number of nitrogens with zero attached hydrogens (tertiary/aromatic N) is 1. The SMILES string of the molecule is Cc1cnc(CNC(C)c2cccs2)o1. The summed E-state index contributed by atoms with van der Waals surface area (Å²) in [6.07, 6.45) is 1.74. The Morgan fingerprint density at radius 1 is 1.60 bits per heavy atom. The van der Waals surface area contributed by atoms with Gasteiger partial charge in [0.05, 0.1) is 12.7 Å². The Hall–Kier alpha value is -1.13. The molecule has 2 aromatic heterocycles. The third-order valence-corrected chi connectivity index (χ3v) is 3.25. The Bertz CT molecular complexity index is 408. The van der Waals surface area contributed by atoms with E-state index in [1.165, 1.54) is 4.88 Å². The molecule has 0 bridgehead atoms. The predicted molar refractivity (Wildman–Crippen MR) is 60.8 cm³/mol. The molecule has 1 N–H and O–H groups in total. The van der Waals surface area contributed by atoms with Gasteiger partial charge in [-0.1, -0.05) is 6.07 Å². The molecule has 0 spiro atoms. The number of oxazole rings is 1. The van der Waals surface area contributed by atoms with Crippen molar-refractivity contribution in [3.8, 4) is 0 Å². The van der Waals surface area contributed by atoms with E-state index in [1.54, 1.807) is 17.5 Å². The minimum Gasteiger partial charge on any atom is -0.445 e. The summed E-state index contributed by atoms with van der Waals surface area (Å²) in [6, 6.07) is 4.54. The van der Waals surface area contributed by atoms with Crippen molar-refractivity contribution in [1.82, 2.24) is 10.3 Å². The molecular formula is C11H14N2OS. The monoisotopic (exact) mass is 222 g/mol. The maximum atomic E-state index is 5.38. The number of thiophene rings is 1. The Kier molecular flexibility index (Phi) is 3.18. The van der Waals surface area contributed by atoms with Crippen LogP contribution in [0.2, 0.25) is 0 Å². The molecule has 0 saturated carbocycles. The summed E-state index contributed by atoms with van der Waals surface area (Å²) >= 11 is 1.76. The largest absolute Gasteiger partial charge is 0.445 e. The summed E-state index contributed by atoms with van der Waals surface area (Å²) < 4.78 is 5.38. The summed E-state index contributed by atoms with van der Waals surface area (Å²) in [5.74, 6) is 1.60. The van der Waals surface area contributed by atoms with Crippen molar-refractivity contribution in [3.05, 3.63) is 40.2 Å². The highest BCUT2D eigenvalue weighted by Crippen LogP contribution is 2.18. The predicted octanol–water partition coefficient (Wildman–Crippen LogP) is 2.90. The molecule has 0 radical (unpaired) electrons. The first-order chi connectivity index (χ1) is 7.25. The highest BCUT2D eigenvalue weighted by molar-refractivity contribution is 7.10. The van der Waals surface area contributed by atoms with Gasteiger partial charge in [0, 0.05) is 10.9 Å². The molecule has 2 heterocycles. The lowest BCUT2D eigenvalue weighted by Gasteiger charge is -2.09. The van der Waals surface area contributed by atoms with E-state index in [4.69, 9.17) is 4.42 Å². The number of hydrogen-bond acceptors (Lipinski definition) is 4. The number of nitrogens with one attached hydrogen (secondary N) is 1. The molecule has 3 nitrogen and oxygen atoms in total.